The monoisotopic (exact) mass is 595 g/mol. The van der Waals surface area contributed by atoms with Gasteiger partial charge < -0.3 is 9.47 Å². The molecule has 2 atom stereocenters. The molecule has 6 rings (SSSR count). The van der Waals surface area contributed by atoms with Gasteiger partial charge in [0.1, 0.15) is 0 Å². The van der Waals surface area contributed by atoms with Crippen LogP contribution in [0.3, 0.4) is 0 Å². The Balaban J connectivity index is 1.65. The van der Waals surface area contributed by atoms with Crippen molar-refractivity contribution in [2.45, 2.75) is 82.3 Å². The van der Waals surface area contributed by atoms with Crippen LogP contribution in [0.15, 0.2) is 111 Å². The highest BCUT2D eigenvalue weighted by molar-refractivity contribution is 5.43. The molecule has 230 valence electrons. The lowest BCUT2D eigenvalue weighted by molar-refractivity contribution is -0.293. The van der Waals surface area contributed by atoms with Crippen molar-refractivity contribution in [2.24, 2.45) is 10.2 Å². The van der Waals surface area contributed by atoms with Gasteiger partial charge in [-0.1, -0.05) is 131 Å². The lowest BCUT2D eigenvalue weighted by Crippen LogP contribution is -2.63. The summed E-state index contributed by atoms with van der Waals surface area (Å²) in [5.41, 5.74) is -2.49. The molecule has 0 amide bonds. The van der Waals surface area contributed by atoms with Gasteiger partial charge in [0.05, 0.1) is 18.9 Å². The highest BCUT2D eigenvalue weighted by Gasteiger charge is 2.82. The number of ether oxygens (including phenoxy) is 2. The topological polar surface area (TPSA) is 92.1 Å². The molecule has 0 aliphatic carbocycles. The number of para-hydroxylation sites is 1. The summed E-state index contributed by atoms with van der Waals surface area (Å²) in [5, 5.41) is 9.91. The molecule has 0 radical (unpaired) electrons. The summed E-state index contributed by atoms with van der Waals surface area (Å²) in [6, 6.07) is 28.0. The van der Waals surface area contributed by atoms with Crippen molar-refractivity contribution in [2.75, 3.05) is 13.2 Å². The van der Waals surface area contributed by atoms with E-state index in [0.717, 1.165) is 51.4 Å². The van der Waals surface area contributed by atoms with E-state index in [1.54, 1.807) is 24.3 Å². The maximum atomic E-state index is 14.6. The molecule has 0 saturated carbocycles. The molecule has 3 heterocycles. The Kier molecular flexibility index (Phi) is 8.51. The van der Waals surface area contributed by atoms with Crippen LogP contribution in [0.25, 0.3) is 5.69 Å². The van der Waals surface area contributed by atoms with E-state index < -0.39 is 28.5 Å². The molecule has 3 aromatic carbocycles. The average molecular weight is 596 g/mol. The van der Waals surface area contributed by atoms with Gasteiger partial charge in [-0.05, 0) is 25.0 Å². The number of aromatic nitrogens is 3. The Morgan fingerprint density at radius 3 is 1.39 bits per heavy atom. The summed E-state index contributed by atoms with van der Waals surface area (Å²) in [6.07, 6.45) is 7.90. The smallest absolute Gasteiger partial charge is 0.342 e. The molecule has 2 aliphatic rings. The van der Waals surface area contributed by atoms with Crippen LogP contribution in [0.4, 0.5) is 0 Å². The molecule has 2 bridgehead atoms. The Morgan fingerprint density at radius 1 is 0.568 bits per heavy atom. The van der Waals surface area contributed by atoms with Gasteiger partial charge in [-0.3, -0.25) is 0 Å². The van der Waals surface area contributed by atoms with Gasteiger partial charge in [0.25, 0.3) is 17.1 Å². The summed E-state index contributed by atoms with van der Waals surface area (Å²) < 4.78 is 18.1. The summed E-state index contributed by atoms with van der Waals surface area (Å²) in [7, 11) is 0. The maximum Gasteiger partial charge on any atom is 0.354 e. The molecular formula is C35H41N5O4. The van der Waals surface area contributed by atoms with Crippen LogP contribution in [0, 0.1) is 0 Å². The van der Waals surface area contributed by atoms with Gasteiger partial charge in [0.15, 0.2) is 0 Å². The summed E-state index contributed by atoms with van der Waals surface area (Å²) in [5.74, 6) is -1.64. The van der Waals surface area contributed by atoms with E-state index in [1.807, 2.05) is 66.7 Å². The van der Waals surface area contributed by atoms with E-state index in [1.165, 1.54) is 13.9 Å². The Bertz CT molecular complexity index is 1590. The number of azo groups is 1. The van der Waals surface area contributed by atoms with Crippen LogP contribution in [-0.4, -0.2) is 32.9 Å². The molecule has 2 aliphatic heterocycles. The lowest BCUT2D eigenvalue weighted by atomic mass is 9.81. The van der Waals surface area contributed by atoms with E-state index in [4.69, 9.17) is 19.7 Å². The first-order valence-corrected chi connectivity index (χ1v) is 16.0. The lowest BCUT2D eigenvalue weighted by Gasteiger charge is -2.42. The second kappa shape index (κ2) is 12.5. The van der Waals surface area contributed by atoms with Crippen LogP contribution in [0.5, 0.6) is 0 Å². The number of nitrogens with zero attached hydrogens (tertiary/aromatic N) is 5. The second-order valence-electron chi connectivity index (χ2n) is 11.6. The number of hydrogen-bond donors (Lipinski definition) is 0. The highest BCUT2D eigenvalue weighted by atomic mass is 16.7. The zero-order chi connectivity index (χ0) is 30.6. The largest absolute Gasteiger partial charge is 0.354 e. The first kappa shape index (κ1) is 30.0. The minimum atomic E-state index is -1.64. The average Bonchev–Trinajstić information content (AvgIpc) is 3.60. The molecule has 4 aromatic rings. The molecule has 1 aromatic heterocycles. The summed E-state index contributed by atoms with van der Waals surface area (Å²) in [4.78, 5) is 29.3. The number of benzene rings is 3. The number of rotatable bonds is 15. The number of hydrogen-bond acceptors (Lipinski definition) is 6. The van der Waals surface area contributed by atoms with Crippen LogP contribution in [0.1, 0.15) is 76.3 Å². The van der Waals surface area contributed by atoms with E-state index in [2.05, 4.69) is 13.8 Å². The van der Waals surface area contributed by atoms with E-state index in [0.29, 0.717) is 30.0 Å². The van der Waals surface area contributed by atoms with Crippen molar-refractivity contribution < 1.29 is 9.47 Å². The third kappa shape index (κ3) is 4.36. The quantitative estimate of drug-likeness (QED) is 0.115. The predicted octanol–water partition coefficient (Wildman–Crippen LogP) is 6.57. The summed E-state index contributed by atoms with van der Waals surface area (Å²) >= 11 is 0. The van der Waals surface area contributed by atoms with Crippen molar-refractivity contribution in [3.63, 3.8) is 0 Å². The molecule has 44 heavy (non-hydrogen) atoms. The maximum absolute atomic E-state index is 14.6. The van der Waals surface area contributed by atoms with E-state index >= 15 is 0 Å². The Hall–Kier alpha value is -4.08. The third-order valence-electron chi connectivity index (χ3n) is 8.79. The van der Waals surface area contributed by atoms with E-state index in [9.17, 15) is 9.59 Å². The van der Waals surface area contributed by atoms with Crippen LogP contribution in [-0.2, 0) is 20.8 Å². The Morgan fingerprint density at radius 2 is 0.977 bits per heavy atom. The molecule has 9 nitrogen and oxygen atoms in total. The van der Waals surface area contributed by atoms with Crippen LogP contribution >= 0.6 is 0 Å². The molecule has 0 saturated heterocycles. The first-order valence-electron chi connectivity index (χ1n) is 16.0. The van der Waals surface area contributed by atoms with Crippen molar-refractivity contribution in [1.29, 1.82) is 0 Å². The predicted molar refractivity (Wildman–Crippen MR) is 169 cm³/mol. The van der Waals surface area contributed by atoms with Gasteiger partial charge in [0, 0.05) is 11.1 Å². The first-order chi connectivity index (χ1) is 21.6. The van der Waals surface area contributed by atoms with Crippen molar-refractivity contribution >= 4 is 0 Å². The van der Waals surface area contributed by atoms with Gasteiger partial charge in [-0.15, -0.1) is 10.2 Å². The van der Waals surface area contributed by atoms with Gasteiger partial charge in [0.2, 0.25) is 0 Å². The number of fused-ring (bicyclic) bond motifs is 5. The molecule has 0 N–H and O–H groups in total. The van der Waals surface area contributed by atoms with Crippen LogP contribution < -0.4 is 11.4 Å². The normalized spacial score (nSPS) is 21.1. The Labute approximate surface area is 257 Å². The fourth-order valence-corrected chi connectivity index (χ4v) is 6.70. The highest BCUT2D eigenvalue weighted by Crippen LogP contribution is 2.62. The SMILES string of the molecule is CCCCCCOC1(OCCCCCC)C2(c3ccccc3)N=NC1(c1ccccc1)n1c(=O)n(-c3ccccc3)c(=O)n12. The minimum Gasteiger partial charge on any atom is -0.342 e. The fourth-order valence-electron chi connectivity index (χ4n) is 6.70. The van der Waals surface area contributed by atoms with Crippen molar-refractivity contribution in [1.82, 2.24) is 13.9 Å². The van der Waals surface area contributed by atoms with E-state index in [-0.39, 0.29) is 0 Å². The minimum absolute atomic E-state index is 0.357. The molecule has 0 fully saturated rings. The van der Waals surface area contributed by atoms with Gasteiger partial charge in [-0.25, -0.2) is 14.2 Å². The van der Waals surface area contributed by atoms with Crippen LogP contribution in [0.2, 0.25) is 0 Å². The zero-order valence-corrected chi connectivity index (χ0v) is 25.6. The second-order valence-corrected chi connectivity index (χ2v) is 11.6. The van der Waals surface area contributed by atoms with Gasteiger partial charge in [-0.2, -0.15) is 9.36 Å². The third-order valence-corrected chi connectivity index (χ3v) is 8.79. The van der Waals surface area contributed by atoms with Crippen molar-refractivity contribution in [3.05, 3.63) is 123 Å². The molecular weight excluding hydrogens is 554 g/mol. The fraction of sp³-hybridized carbons (Fsp3) is 0.429. The van der Waals surface area contributed by atoms with Gasteiger partial charge >= 0.3 is 11.4 Å². The molecule has 0 spiro atoms. The zero-order valence-electron chi connectivity index (χ0n) is 25.6. The number of unbranched alkanes of at least 4 members (excludes halogenated alkanes) is 6. The molecule has 2 unspecified atom stereocenters. The summed E-state index contributed by atoms with van der Waals surface area (Å²) in [6.45, 7) is 5.05. The standard InChI is InChI=1S/C35H41N5O4/c1-3-5-7-18-26-43-35(44-27-19-8-6-4-2)33(28-20-12-9-13-21-28)36-37-34(35,29-22-14-10-15-23-29)40-32(42)38(31(41)39(33)40)30-24-16-11-17-25-30/h9-17,20-25H,3-8,18-19,26-27H2,1-2H3. The van der Waals surface area contributed by atoms with Crippen molar-refractivity contribution in [3.8, 4) is 5.69 Å². The molecule has 9 heteroatoms.